The lowest BCUT2D eigenvalue weighted by Gasteiger charge is -2.38. The molecule has 4 heteroatoms. The molecule has 1 amide bonds. The molecule has 2 bridgehead atoms. The van der Waals surface area contributed by atoms with E-state index in [0.29, 0.717) is 17.9 Å². The standard InChI is InChI=1S/C21H30N2O2/c1-25-19-6-2-4-15(11-19)12-21(13-16-7-8-17(21)10-16)20(24)23-18-5-3-9-22-14-18/h2,4,6,11,16-18,22H,3,5,7-10,12-14H2,1H3,(H,23,24). The van der Waals surface area contributed by atoms with Crippen LogP contribution in [0.25, 0.3) is 0 Å². The summed E-state index contributed by atoms with van der Waals surface area (Å²) in [6.45, 7) is 1.99. The van der Waals surface area contributed by atoms with E-state index in [2.05, 4.69) is 22.8 Å². The Morgan fingerprint density at radius 2 is 2.28 bits per heavy atom. The topological polar surface area (TPSA) is 50.4 Å². The van der Waals surface area contributed by atoms with Gasteiger partial charge in [-0.05, 0) is 74.6 Å². The fraction of sp³-hybridized carbons (Fsp3) is 0.667. The van der Waals surface area contributed by atoms with E-state index in [9.17, 15) is 4.79 Å². The van der Waals surface area contributed by atoms with Crippen molar-refractivity contribution in [2.45, 2.75) is 51.0 Å². The van der Waals surface area contributed by atoms with Gasteiger partial charge in [-0.15, -0.1) is 0 Å². The quantitative estimate of drug-likeness (QED) is 0.865. The van der Waals surface area contributed by atoms with Crippen LogP contribution >= 0.6 is 0 Å². The molecule has 1 aliphatic heterocycles. The first kappa shape index (κ1) is 16.9. The molecule has 1 saturated heterocycles. The van der Waals surface area contributed by atoms with Gasteiger partial charge >= 0.3 is 0 Å². The third kappa shape index (κ3) is 3.29. The molecule has 4 atom stereocenters. The Labute approximate surface area is 150 Å². The van der Waals surface area contributed by atoms with Crippen molar-refractivity contribution < 1.29 is 9.53 Å². The van der Waals surface area contributed by atoms with Crippen LogP contribution < -0.4 is 15.4 Å². The van der Waals surface area contributed by atoms with E-state index < -0.39 is 0 Å². The Morgan fingerprint density at radius 3 is 2.96 bits per heavy atom. The summed E-state index contributed by atoms with van der Waals surface area (Å²) in [5.41, 5.74) is 1.01. The monoisotopic (exact) mass is 342 g/mol. The summed E-state index contributed by atoms with van der Waals surface area (Å²) in [6, 6.07) is 8.56. The van der Waals surface area contributed by atoms with Crippen LogP contribution in [0.4, 0.5) is 0 Å². The molecule has 1 heterocycles. The minimum Gasteiger partial charge on any atom is -0.497 e. The van der Waals surface area contributed by atoms with Crippen LogP contribution in [0.2, 0.25) is 0 Å². The van der Waals surface area contributed by atoms with Gasteiger partial charge in [0, 0.05) is 12.6 Å². The molecule has 1 aromatic rings. The first-order valence-electron chi connectivity index (χ1n) is 9.84. The lowest BCUT2D eigenvalue weighted by atomic mass is 9.68. The number of benzene rings is 1. The van der Waals surface area contributed by atoms with E-state index >= 15 is 0 Å². The maximum Gasteiger partial charge on any atom is 0.227 e. The molecule has 2 saturated carbocycles. The van der Waals surface area contributed by atoms with Crippen LogP contribution in [0.15, 0.2) is 24.3 Å². The van der Waals surface area contributed by atoms with Gasteiger partial charge in [0.2, 0.25) is 5.91 Å². The summed E-state index contributed by atoms with van der Waals surface area (Å²) in [4.78, 5) is 13.4. The van der Waals surface area contributed by atoms with E-state index in [1.54, 1.807) is 7.11 Å². The van der Waals surface area contributed by atoms with E-state index in [4.69, 9.17) is 4.74 Å². The molecular formula is C21H30N2O2. The molecule has 136 valence electrons. The number of nitrogens with one attached hydrogen (secondary N) is 2. The number of carbonyl (C=O) groups excluding carboxylic acids is 1. The van der Waals surface area contributed by atoms with Gasteiger partial charge in [0.25, 0.3) is 0 Å². The zero-order valence-corrected chi connectivity index (χ0v) is 15.2. The van der Waals surface area contributed by atoms with Crippen molar-refractivity contribution in [3.05, 3.63) is 29.8 Å². The summed E-state index contributed by atoms with van der Waals surface area (Å²) < 4.78 is 5.39. The van der Waals surface area contributed by atoms with Crippen molar-refractivity contribution in [1.29, 1.82) is 0 Å². The van der Waals surface area contributed by atoms with Crippen molar-refractivity contribution in [1.82, 2.24) is 10.6 Å². The molecule has 0 radical (unpaired) electrons. The van der Waals surface area contributed by atoms with Crippen LogP contribution in [0, 0.1) is 17.3 Å². The predicted octanol–water partition coefficient (Wildman–Crippen LogP) is 2.91. The molecule has 4 unspecified atom stereocenters. The highest BCUT2D eigenvalue weighted by Gasteiger charge is 2.55. The Bertz CT molecular complexity index is 626. The molecule has 1 aromatic carbocycles. The lowest BCUT2D eigenvalue weighted by Crippen LogP contribution is -2.53. The molecule has 3 fully saturated rings. The fourth-order valence-electron chi connectivity index (χ4n) is 5.47. The first-order valence-corrected chi connectivity index (χ1v) is 9.84. The second-order valence-corrected chi connectivity index (χ2v) is 8.28. The first-order chi connectivity index (χ1) is 12.2. The van der Waals surface area contributed by atoms with E-state index in [0.717, 1.165) is 50.4 Å². The van der Waals surface area contributed by atoms with Gasteiger partial charge < -0.3 is 15.4 Å². The van der Waals surface area contributed by atoms with Crippen molar-refractivity contribution in [3.63, 3.8) is 0 Å². The molecule has 0 spiro atoms. The van der Waals surface area contributed by atoms with E-state index in [1.165, 1.54) is 24.8 Å². The average molecular weight is 342 g/mol. The van der Waals surface area contributed by atoms with Crippen LogP contribution in [0.5, 0.6) is 5.75 Å². The molecule has 3 aliphatic rings. The van der Waals surface area contributed by atoms with Gasteiger partial charge in [-0.25, -0.2) is 0 Å². The third-order valence-corrected chi connectivity index (χ3v) is 6.71. The average Bonchev–Trinajstić information content (AvgIpc) is 3.24. The zero-order chi connectivity index (χ0) is 17.3. The number of amides is 1. The minimum absolute atomic E-state index is 0.216. The molecular weight excluding hydrogens is 312 g/mol. The van der Waals surface area contributed by atoms with Gasteiger partial charge in [-0.1, -0.05) is 18.6 Å². The maximum atomic E-state index is 13.4. The van der Waals surface area contributed by atoms with Crippen LogP contribution in [0.3, 0.4) is 0 Å². The molecule has 25 heavy (non-hydrogen) atoms. The number of fused-ring (bicyclic) bond motifs is 2. The Hall–Kier alpha value is -1.55. The van der Waals surface area contributed by atoms with Crippen molar-refractivity contribution in [2.75, 3.05) is 20.2 Å². The van der Waals surface area contributed by atoms with Gasteiger partial charge in [0.15, 0.2) is 0 Å². The normalized spacial score (nSPS) is 34.0. The molecule has 2 aliphatic carbocycles. The van der Waals surface area contributed by atoms with Crippen LogP contribution in [-0.2, 0) is 11.2 Å². The minimum atomic E-state index is -0.216. The van der Waals surface area contributed by atoms with Crippen molar-refractivity contribution in [2.24, 2.45) is 17.3 Å². The van der Waals surface area contributed by atoms with Gasteiger partial charge in [-0.3, -0.25) is 4.79 Å². The Kier molecular flexibility index (Phi) is 4.72. The number of rotatable bonds is 5. The SMILES string of the molecule is COc1cccc(CC2(C(=O)NC3CCCNC3)CC3CCC2C3)c1. The summed E-state index contributed by atoms with van der Waals surface area (Å²) in [5, 5.41) is 6.81. The Balaban J connectivity index is 1.55. The summed E-state index contributed by atoms with van der Waals surface area (Å²) in [7, 11) is 1.70. The van der Waals surface area contributed by atoms with Crippen molar-refractivity contribution >= 4 is 5.91 Å². The highest BCUT2D eigenvalue weighted by atomic mass is 16.5. The lowest BCUT2D eigenvalue weighted by molar-refractivity contribution is -0.135. The highest BCUT2D eigenvalue weighted by Crippen LogP contribution is 2.57. The second kappa shape index (κ2) is 6.99. The zero-order valence-electron chi connectivity index (χ0n) is 15.2. The van der Waals surface area contributed by atoms with Gasteiger partial charge in [0.1, 0.15) is 5.75 Å². The number of ether oxygens (including phenoxy) is 1. The number of hydrogen-bond donors (Lipinski definition) is 2. The van der Waals surface area contributed by atoms with Gasteiger partial charge in [0.05, 0.1) is 12.5 Å². The maximum absolute atomic E-state index is 13.4. The van der Waals surface area contributed by atoms with Crippen LogP contribution in [0.1, 0.15) is 44.1 Å². The van der Waals surface area contributed by atoms with Crippen molar-refractivity contribution in [3.8, 4) is 5.75 Å². The largest absolute Gasteiger partial charge is 0.497 e. The van der Waals surface area contributed by atoms with Crippen LogP contribution in [-0.4, -0.2) is 32.1 Å². The predicted molar refractivity (Wildman–Crippen MR) is 98.6 cm³/mol. The van der Waals surface area contributed by atoms with E-state index in [1.807, 2.05) is 12.1 Å². The number of carbonyl (C=O) groups is 1. The fourth-order valence-corrected chi connectivity index (χ4v) is 5.47. The Morgan fingerprint density at radius 1 is 1.36 bits per heavy atom. The number of piperidine rings is 1. The smallest absolute Gasteiger partial charge is 0.227 e. The summed E-state index contributed by atoms with van der Waals surface area (Å²) in [5.74, 6) is 2.47. The molecule has 2 N–H and O–H groups in total. The molecule has 4 nitrogen and oxygen atoms in total. The van der Waals surface area contributed by atoms with E-state index in [-0.39, 0.29) is 5.41 Å². The molecule has 4 rings (SSSR count). The number of hydrogen-bond acceptors (Lipinski definition) is 3. The summed E-state index contributed by atoms with van der Waals surface area (Å²) in [6.07, 6.45) is 7.91. The van der Waals surface area contributed by atoms with Gasteiger partial charge in [-0.2, -0.15) is 0 Å². The third-order valence-electron chi connectivity index (χ3n) is 6.71. The number of methoxy groups -OCH3 is 1. The summed E-state index contributed by atoms with van der Waals surface area (Å²) >= 11 is 0. The molecule has 0 aromatic heterocycles. The highest BCUT2D eigenvalue weighted by molar-refractivity contribution is 5.84. The second-order valence-electron chi connectivity index (χ2n) is 8.28.